The van der Waals surface area contributed by atoms with Crippen molar-refractivity contribution in [3.05, 3.63) is 29.3 Å². The second-order valence-corrected chi connectivity index (χ2v) is 12.1. The van der Waals surface area contributed by atoms with Gasteiger partial charge in [-0.3, -0.25) is 0 Å². The average Bonchev–Trinajstić information content (AvgIpc) is 2.54. The Hall–Kier alpha value is -1.51. The van der Waals surface area contributed by atoms with Crippen LogP contribution in [0.5, 0.6) is 0 Å². The Labute approximate surface area is 187 Å². The van der Waals surface area contributed by atoms with Crippen LogP contribution in [-0.2, 0) is 0 Å². The quantitative estimate of drug-likeness (QED) is 0.434. The van der Waals surface area contributed by atoms with Crippen molar-refractivity contribution in [2.45, 2.75) is 94.9 Å². The number of rotatable bonds is 9. The zero-order valence-electron chi connectivity index (χ0n) is 21.5. The summed E-state index contributed by atoms with van der Waals surface area (Å²) in [6, 6.07) is 6.24. The molecule has 0 aromatic heterocycles. The smallest absolute Gasteiger partial charge is 0.321 e. The second-order valence-electron chi connectivity index (χ2n) is 12.1. The van der Waals surface area contributed by atoms with Crippen molar-refractivity contribution in [3.8, 4) is 0 Å². The van der Waals surface area contributed by atoms with Gasteiger partial charge in [0.2, 0.25) is 0 Å². The zero-order chi connectivity index (χ0) is 23.1. The highest BCUT2D eigenvalue weighted by Gasteiger charge is 2.21. The van der Waals surface area contributed by atoms with Crippen LogP contribution in [0.1, 0.15) is 92.2 Å². The number of nitrogens with one attached hydrogen (secondary N) is 1. The van der Waals surface area contributed by atoms with Gasteiger partial charge in [0.05, 0.1) is 0 Å². The lowest BCUT2D eigenvalue weighted by molar-refractivity contribution is 0.194. The van der Waals surface area contributed by atoms with Crippen LogP contribution in [0.25, 0.3) is 0 Å². The number of amides is 2. The third kappa shape index (κ3) is 11.0. The topological polar surface area (TPSA) is 32.3 Å². The SMILES string of the molecule is Cc1ccc(NC(=O)N(CCC(C)CC(C)(C)C)CCC(C)CC(C)(C)C)c(C)c1. The van der Waals surface area contributed by atoms with E-state index in [1.54, 1.807) is 0 Å². The molecule has 0 aliphatic rings. The van der Waals surface area contributed by atoms with E-state index in [1.807, 2.05) is 11.0 Å². The van der Waals surface area contributed by atoms with E-state index in [0.29, 0.717) is 22.7 Å². The molecule has 30 heavy (non-hydrogen) atoms. The van der Waals surface area contributed by atoms with Gasteiger partial charge in [-0.15, -0.1) is 0 Å². The molecule has 0 fully saturated rings. The lowest BCUT2D eigenvalue weighted by atomic mass is 9.84. The minimum Gasteiger partial charge on any atom is -0.325 e. The summed E-state index contributed by atoms with van der Waals surface area (Å²) in [5, 5.41) is 3.17. The van der Waals surface area contributed by atoms with Gasteiger partial charge in [0.25, 0.3) is 0 Å². The molecule has 3 heteroatoms. The second kappa shape index (κ2) is 11.2. The Morgan fingerprint density at radius 1 is 0.900 bits per heavy atom. The lowest BCUT2D eigenvalue weighted by Gasteiger charge is -2.29. The van der Waals surface area contributed by atoms with Crippen LogP contribution in [0.4, 0.5) is 10.5 Å². The number of urea groups is 1. The predicted molar refractivity (Wildman–Crippen MR) is 132 cm³/mol. The van der Waals surface area contributed by atoms with Gasteiger partial charge in [0.1, 0.15) is 0 Å². The molecular formula is C27H48N2O. The molecule has 172 valence electrons. The predicted octanol–water partition coefficient (Wildman–Crippen LogP) is 8.06. The number of hydrogen-bond donors (Lipinski definition) is 1. The van der Waals surface area contributed by atoms with Crippen LogP contribution >= 0.6 is 0 Å². The molecule has 1 rings (SSSR count). The Balaban J connectivity index is 2.80. The number of hydrogen-bond acceptors (Lipinski definition) is 1. The minimum absolute atomic E-state index is 0.0351. The number of aryl methyl sites for hydroxylation is 2. The Bertz CT molecular complexity index is 640. The minimum atomic E-state index is 0.0351. The largest absolute Gasteiger partial charge is 0.325 e. The van der Waals surface area contributed by atoms with Gasteiger partial charge in [-0.1, -0.05) is 73.1 Å². The molecule has 0 aliphatic heterocycles. The van der Waals surface area contributed by atoms with Crippen LogP contribution in [0.2, 0.25) is 0 Å². The lowest BCUT2D eigenvalue weighted by Crippen LogP contribution is -2.38. The summed E-state index contributed by atoms with van der Waals surface area (Å²) in [5.41, 5.74) is 3.90. The van der Waals surface area contributed by atoms with Gasteiger partial charge in [-0.05, 0) is 73.8 Å². The molecule has 1 aromatic rings. The molecule has 0 radical (unpaired) electrons. The van der Waals surface area contributed by atoms with Crippen LogP contribution < -0.4 is 5.32 Å². The van der Waals surface area contributed by atoms with Crippen LogP contribution in [0.3, 0.4) is 0 Å². The van der Waals surface area contributed by atoms with Crippen molar-refractivity contribution in [1.29, 1.82) is 0 Å². The molecule has 0 heterocycles. The van der Waals surface area contributed by atoms with Crippen molar-refractivity contribution >= 4 is 11.7 Å². The van der Waals surface area contributed by atoms with E-state index in [-0.39, 0.29) is 6.03 Å². The molecule has 2 atom stereocenters. The molecule has 0 saturated heterocycles. The first kappa shape index (κ1) is 26.5. The van der Waals surface area contributed by atoms with Crippen LogP contribution in [0, 0.1) is 36.5 Å². The van der Waals surface area contributed by atoms with Crippen molar-refractivity contribution in [1.82, 2.24) is 4.90 Å². The average molecular weight is 417 g/mol. The number of carbonyl (C=O) groups excluding carboxylic acids is 1. The fourth-order valence-electron chi connectivity index (χ4n) is 4.51. The monoisotopic (exact) mass is 416 g/mol. The first-order valence-corrected chi connectivity index (χ1v) is 11.8. The maximum Gasteiger partial charge on any atom is 0.321 e. The van der Waals surface area contributed by atoms with Gasteiger partial charge >= 0.3 is 6.03 Å². The third-order valence-corrected chi connectivity index (χ3v) is 5.62. The van der Waals surface area contributed by atoms with Crippen molar-refractivity contribution < 1.29 is 4.79 Å². The molecule has 1 aromatic carbocycles. The first-order chi connectivity index (χ1) is 13.7. The number of anilines is 1. The van der Waals surface area contributed by atoms with E-state index in [1.165, 1.54) is 18.4 Å². The zero-order valence-corrected chi connectivity index (χ0v) is 21.5. The highest BCUT2D eigenvalue weighted by atomic mass is 16.2. The van der Waals surface area contributed by atoms with Crippen LogP contribution in [-0.4, -0.2) is 24.0 Å². The molecule has 2 unspecified atom stereocenters. The van der Waals surface area contributed by atoms with Crippen molar-refractivity contribution in [2.24, 2.45) is 22.7 Å². The molecule has 1 N–H and O–H groups in total. The number of nitrogens with zero attached hydrogens (tertiary/aromatic N) is 1. The molecular weight excluding hydrogens is 368 g/mol. The summed E-state index contributed by atoms with van der Waals surface area (Å²) in [6.45, 7) is 24.2. The fourth-order valence-corrected chi connectivity index (χ4v) is 4.51. The number of benzene rings is 1. The summed E-state index contributed by atoms with van der Waals surface area (Å²) in [7, 11) is 0. The molecule has 0 bridgehead atoms. The Morgan fingerprint density at radius 3 is 1.77 bits per heavy atom. The van der Waals surface area contributed by atoms with E-state index >= 15 is 0 Å². The molecule has 2 amide bonds. The van der Waals surface area contributed by atoms with Gasteiger partial charge in [0.15, 0.2) is 0 Å². The summed E-state index contributed by atoms with van der Waals surface area (Å²) in [4.78, 5) is 15.2. The summed E-state index contributed by atoms with van der Waals surface area (Å²) in [5.74, 6) is 1.21. The van der Waals surface area contributed by atoms with Gasteiger partial charge in [-0.2, -0.15) is 0 Å². The first-order valence-electron chi connectivity index (χ1n) is 11.8. The normalized spacial score (nSPS) is 14.3. The van der Waals surface area contributed by atoms with Gasteiger partial charge < -0.3 is 10.2 Å². The summed E-state index contributed by atoms with van der Waals surface area (Å²) < 4.78 is 0. The van der Waals surface area contributed by atoms with E-state index in [9.17, 15) is 4.79 Å². The van der Waals surface area contributed by atoms with E-state index < -0.39 is 0 Å². The summed E-state index contributed by atoms with van der Waals surface area (Å²) in [6.07, 6.45) is 4.45. The van der Waals surface area contributed by atoms with E-state index in [4.69, 9.17) is 0 Å². The molecule has 3 nitrogen and oxygen atoms in total. The van der Waals surface area contributed by atoms with E-state index in [0.717, 1.165) is 37.2 Å². The molecule has 0 spiro atoms. The summed E-state index contributed by atoms with van der Waals surface area (Å²) >= 11 is 0. The Morgan fingerprint density at radius 2 is 1.37 bits per heavy atom. The fraction of sp³-hybridized carbons (Fsp3) is 0.741. The molecule has 0 saturated carbocycles. The van der Waals surface area contributed by atoms with Gasteiger partial charge in [0, 0.05) is 18.8 Å². The number of carbonyl (C=O) groups is 1. The maximum atomic E-state index is 13.2. The Kier molecular flexibility index (Phi) is 9.91. The standard InChI is InChI=1S/C27H48N2O/c1-20-11-12-24(23(4)17-20)28-25(30)29(15-13-21(2)18-26(5,6)7)16-14-22(3)19-27(8,9)10/h11-12,17,21-22H,13-16,18-19H2,1-10H3,(H,28,30). The highest BCUT2D eigenvalue weighted by molar-refractivity contribution is 5.90. The maximum absolute atomic E-state index is 13.2. The van der Waals surface area contributed by atoms with Crippen LogP contribution in [0.15, 0.2) is 18.2 Å². The van der Waals surface area contributed by atoms with E-state index in [2.05, 4.69) is 86.7 Å². The third-order valence-electron chi connectivity index (χ3n) is 5.62. The van der Waals surface area contributed by atoms with Crippen molar-refractivity contribution in [3.63, 3.8) is 0 Å². The van der Waals surface area contributed by atoms with Gasteiger partial charge in [-0.25, -0.2) is 4.79 Å². The molecule has 0 aliphatic carbocycles. The highest BCUT2D eigenvalue weighted by Crippen LogP contribution is 2.28. The van der Waals surface area contributed by atoms with Crippen molar-refractivity contribution in [2.75, 3.05) is 18.4 Å².